The second kappa shape index (κ2) is 43.8. The molecule has 0 aliphatic rings. The van der Waals surface area contributed by atoms with Gasteiger partial charge in [-0.3, -0.25) is 24.0 Å². The maximum absolute atomic E-state index is 9.82. The van der Waals surface area contributed by atoms with Gasteiger partial charge in [-0.15, -0.1) is 0 Å². The molecule has 0 saturated carbocycles. The van der Waals surface area contributed by atoms with Gasteiger partial charge in [0.2, 0.25) is 0 Å². The quantitative estimate of drug-likeness (QED) is 0.0953. The molecule has 18 nitrogen and oxygen atoms in total. The fourth-order valence-electron chi connectivity index (χ4n) is 0.932. The summed E-state index contributed by atoms with van der Waals surface area (Å²) in [4.78, 5) is 54.8. The van der Waals surface area contributed by atoms with Crippen molar-refractivity contribution < 1.29 is 74.7 Å². The van der Waals surface area contributed by atoms with E-state index >= 15 is 0 Å². The van der Waals surface area contributed by atoms with Crippen LogP contribution in [-0.4, -0.2) is 133 Å². The van der Waals surface area contributed by atoms with Crippen molar-refractivity contribution in [3.05, 3.63) is 0 Å². The molecule has 0 fully saturated rings. The van der Waals surface area contributed by atoms with Crippen molar-refractivity contribution in [3.8, 4) is 0 Å². The number of aliphatic carboxylic acids is 5. The largest absolute Gasteiger partial charge is 0.481 e. The monoisotopic (exact) mass is 567 g/mol. The highest BCUT2D eigenvalue weighted by molar-refractivity contribution is 5.63. The van der Waals surface area contributed by atoms with E-state index in [2.05, 4.69) is 5.32 Å². The summed E-state index contributed by atoms with van der Waals surface area (Å²) in [5.41, 5.74) is 10.3. The zero-order valence-corrected chi connectivity index (χ0v) is 22.2. The molecule has 0 rings (SSSR count). The Bertz CT molecular complexity index is 484. The fourth-order valence-corrected chi connectivity index (χ4v) is 0.932. The molecule has 230 valence electrons. The Kier molecular flexibility index (Phi) is 59.2. The third kappa shape index (κ3) is 175. The third-order valence-corrected chi connectivity index (χ3v) is 1.96. The van der Waals surface area contributed by atoms with Crippen LogP contribution in [0.2, 0.25) is 0 Å². The normalized spacial score (nSPS) is 10.5. The Morgan fingerprint density at radius 1 is 0.658 bits per heavy atom. The number of hydrogen-bond acceptors (Lipinski definition) is 13. The predicted molar refractivity (Wildman–Crippen MR) is 133 cm³/mol. The van der Waals surface area contributed by atoms with Crippen LogP contribution in [0.15, 0.2) is 0 Å². The van der Waals surface area contributed by atoms with Gasteiger partial charge in [0.05, 0.1) is 12.7 Å². The van der Waals surface area contributed by atoms with Crippen LogP contribution in [0.1, 0.15) is 41.0 Å². The van der Waals surface area contributed by atoms with Crippen molar-refractivity contribution in [2.75, 3.05) is 32.8 Å². The highest BCUT2D eigenvalue weighted by Gasteiger charge is 2.23. The van der Waals surface area contributed by atoms with Crippen molar-refractivity contribution in [1.82, 2.24) is 5.32 Å². The first-order valence-corrected chi connectivity index (χ1v) is 10.4. The molecule has 3 unspecified atom stereocenters. The average Bonchev–Trinajstić information content (AvgIpc) is 2.71. The van der Waals surface area contributed by atoms with E-state index in [-0.39, 0.29) is 6.42 Å². The zero-order valence-electron chi connectivity index (χ0n) is 22.2. The fraction of sp³-hybridized carbons (Fsp3) is 0.700. The lowest BCUT2D eigenvalue weighted by molar-refractivity contribution is -0.135. The zero-order chi connectivity index (χ0) is 32.3. The summed E-state index contributed by atoms with van der Waals surface area (Å²) in [6.45, 7) is 7.91. The number of carboxylic acid groups (broad SMARTS) is 5. The second-order valence-corrected chi connectivity index (χ2v) is 6.13. The van der Waals surface area contributed by atoms with Crippen LogP contribution in [0.5, 0.6) is 0 Å². The summed E-state index contributed by atoms with van der Waals surface area (Å²) in [5, 5.41) is 74.9. The van der Waals surface area contributed by atoms with Gasteiger partial charge in [-0.2, -0.15) is 0 Å². The minimum absolute atomic E-state index is 0.252. The standard InChI is InChI=1S/C6H12O5.C4H13N3.5C2H4O2/c7-2-1-4(9)6(11)5(10)3-8;5-1-3-7-4-2-6;5*1-2(3)4/h2,4-6,8-11H,1,3H2;7H,1-6H2;5*1H3,(H,3,4). The number of aldehydes is 1. The molecule has 0 amide bonds. The lowest BCUT2D eigenvalue weighted by atomic mass is 10.1. The van der Waals surface area contributed by atoms with Gasteiger partial charge in [0, 0.05) is 67.2 Å². The summed E-state index contributed by atoms with van der Waals surface area (Å²) < 4.78 is 0. The maximum atomic E-state index is 9.82. The molecule has 0 bridgehead atoms. The van der Waals surface area contributed by atoms with Crippen molar-refractivity contribution in [2.45, 2.75) is 59.4 Å². The number of nitrogens with two attached hydrogens (primary N) is 2. The number of carbonyl (C=O) groups is 6. The smallest absolute Gasteiger partial charge is 0.300 e. The molecule has 0 aliphatic carbocycles. The predicted octanol–water partition coefficient (Wildman–Crippen LogP) is -3.40. The first-order valence-electron chi connectivity index (χ1n) is 10.4. The molecule has 38 heavy (non-hydrogen) atoms. The van der Waals surface area contributed by atoms with E-state index in [9.17, 15) is 4.79 Å². The molecule has 0 spiro atoms. The molecule has 0 aromatic rings. The number of rotatable bonds is 9. The lowest BCUT2D eigenvalue weighted by Gasteiger charge is -2.19. The number of aliphatic hydroxyl groups excluding tert-OH is 4. The van der Waals surface area contributed by atoms with E-state index in [0.717, 1.165) is 47.7 Å². The van der Waals surface area contributed by atoms with Gasteiger partial charge in [0.1, 0.15) is 18.5 Å². The lowest BCUT2D eigenvalue weighted by Crippen LogP contribution is -2.39. The van der Waals surface area contributed by atoms with Crippen molar-refractivity contribution >= 4 is 36.1 Å². The molecule has 18 heteroatoms. The van der Waals surface area contributed by atoms with Crippen LogP contribution in [0, 0.1) is 0 Å². The summed E-state index contributed by atoms with van der Waals surface area (Å²) >= 11 is 0. The number of carboxylic acids is 5. The number of nitrogens with one attached hydrogen (secondary N) is 1. The number of carbonyl (C=O) groups excluding carboxylic acids is 1. The Labute approximate surface area is 220 Å². The number of hydrogen-bond donors (Lipinski definition) is 12. The van der Waals surface area contributed by atoms with Gasteiger partial charge in [0.25, 0.3) is 29.8 Å². The molecule has 14 N–H and O–H groups in total. The molecule has 0 heterocycles. The van der Waals surface area contributed by atoms with Gasteiger partial charge in [0.15, 0.2) is 0 Å². The van der Waals surface area contributed by atoms with Gasteiger partial charge in [-0.25, -0.2) is 0 Å². The highest BCUT2D eigenvalue weighted by Crippen LogP contribution is 2.01. The van der Waals surface area contributed by atoms with Gasteiger partial charge < -0.3 is 67.5 Å². The topological polar surface area (TPSA) is 349 Å². The number of aliphatic hydroxyl groups is 4. The summed E-state index contributed by atoms with van der Waals surface area (Å²) in [6.07, 6.45) is -4.00. The van der Waals surface area contributed by atoms with Crippen LogP contribution in [-0.2, 0) is 28.8 Å². The Morgan fingerprint density at radius 2 is 0.895 bits per heavy atom. The maximum Gasteiger partial charge on any atom is 0.300 e. The van der Waals surface area contributed by atoms with Crippen LogP contribution in [0.25, 0.3) is 0 Å². The van der Waals surface area contributed by atoms with E-state index in [1.54, 1.807) is 0 Å². The Balaban J connectivity index is -0.0000000623. The van der Waals surface area contributed by atoms with Gasteiger partial charge >= 0.3 is 0 Å². The Morgan fingerprint density at radius 3 is 1.05 bits per heavy atom. The first-order chi connectivity index (χ1) is 17.2. The van der Waals surface area contributed by atoms with E-state index in [0.29, 0.717) is 19.4 Å². The molecule has 0 aromatic carbocycles. The summed E-state index contributed by atoms with van der Waals surface area (Å²) in [7, 11) is 0. The average molecular weight is 568 g/mol. The Hall–Kier alpha value is -3.26. The van der Waals surface area contributed by atoms with Crippen molar-refractivity contribution in [3.63, 3.8) is 0 Å². The van der Waals surface area contributed by atoms with E-state index < -0.39 is 54.8 Å². The summed E-state index contributed by atoms with van der Waals surface area (Å²) in [5.74, 6) is -4.17. The van der Waals surface area contributed by atoms with Crippen molar-refractivity contribution in [1.29, 1.82) is 0 Å². The second-order valence-electron chi connectivity index (χ2n) is 6.13. The SMILES string of the molecule is CC(=O)O.CC(=O)O.CC(=O)O.CC(=O)O.CC(=O)O.NCCNCCN.O=CCC(O)C(O)C(O)CO. The van der Waals surface area contributed by atoms with Crippen LogP contribution in [0.3, 0.4) is 0 Å². The minimum atomic E-state index is -1.47. The molecule has 0 saturated heterocycles. The van der Waals surface area contributed by atoms with Crippen molar-refractivity contribution in [2.24, 2.45) is 11.5 Å². The van der Waals surface area contributed by atoms with Gasteiger partial charge in [-0.1, -0.05) is 0 Å². The molecule has 0 aromatic heterocycles. The highest BCUT2D eigenvalue weighted by atomic mass is 16.4. The minimum Gasteiger partial charge on any atom is -0.481 e. The van der Waals surface area contributed by atoms with Gasteiger partial charge in [-0.05, 0) is 0 Å². The molecule has 0 radical (unpaired) electrons. The van der Waals surface area contributed by atoms with E-state index in [1.165, 1.54) is 0 Å². The molecular formula is C20H45N3O15. The van der Waals surface area contributed by atoms with Crippen LogP contribution in [0.4, 0.5) is 0 Å². The first kappa shape index (κ1) is 51.4. The summed E-state index contributed by atoms with van der Waals surface area (Å²) in [6, 6.07) is 0. The van der Waals surface area contributed by atoms with E-state index in [4.69, 9.17) is 81.4 Å². The van der Waals surface area contributed by atoms with Crippen LogP contribution >= 0.6 is 0 Å². The van der Waals surface area contributed by atoms with Crippen LogP contribution < -0.4 is 16.8 Å². The van der Waals surface area contributed by atoms with E-state index in [1.807, 2.05) is 0 Å². The molecular weight excluding hydrogens is 522 g/mol. The molecule has 3 atom stereocenters. The third-order valence-electron chi connectivity index (χ3n) is 1.96. The molecule has 0 aliphatic heterocycles.